The van der Waals surface area contributed by atoms with Crippen molar-refractivity contribution < 1.29 is 8.42 Å². The van der Waals surface area contributed by atoms with E-state index >= 15 is 0 Å². The molecule has 0 amide bonds. The third-order valence-electron chi connectivity index (χ3n) is 4.54. The standard InChI is InChI=1S/C14H21N3O2S/c1-15-14-8-7-12(10-16-14)20(18,19)17-9-3-5-11-4-2-6-13(11)17/h7-8,10-11,13H,2-6,9H2,1H3,(H,15,16). The quantitative estimate of drug-likeness (QED) is 0.927. The average Bonchev–Trinajstić information content (AvgIpc) is 2.95. The van der Waals surface area contributed by atoms with Crippen LogP contribution >= 0.6 is 0 Å². The van der Waals surface area contributed by atoms with E-state index in [-0.39, 0.29) is 6.04 Å². The van der Waals surface area contributed by atoms with Gasteiger partial charge >= 0.3 is 0 Å². The van der Waals surface area contributed by atoms with E-state index in [9.17, 15) is 8.42 Å². The Balaban J connectivity index is 1.89. The minimum atomic E-state index is -3.40. The lowest BCUT2D eigenvalue weighted by Gasteiger charge is -2.36. The Kier molecular flexibility index (Phi) is 3.69. The van der Waals surface area contributed by atoms with Crippen molar-refractivity contribution in [2.75, 3.05) is 18.9 Å². The monoisotopic (exact) mass is 295 g/mol. The molecule has 1 aromatic heterocycles. The molecule has 2 atom stereocenters. The fourth-order valence-corrected chi connectivity index (χ4v) is 5.22. The first-order valence-corrected chi connectivity index (χ1v) is 8.72. The fraction of sp³-hybridized carbons (Fsp3) is 0.643. The second kappa shape index (κ2) is 5.33. The van der Waals surface area contributed by atoms with Crippen molar-refractivity contribution in [3.8, 4) is 0 Å². The highest BCUT2D eigenvalue weighted by molar-refractivity contribution is 7.89. The Labute approximate surface area is 120 Å². The summed E-state index contributed by atoms with van der Waals surface area (Å²) < 4.78 is 27.3. The summed E-state index contributed by atoms with van der Waals surface area (Å²) in [4.78, 5) is 4.44. The second-order valence-corrected chi connectivity index (χ2v) is 7.54. The highest BCUT2D eigenvalue weighted by atomic mass is 32.2. The summed E-state index contributed by atoms with van der Waals surface area (Å²) in [6.07, 6.45) is 6.94. The predicted octanol–water partition coefficient (Wildman–Crippen LogP) is 2.08. The molecule has 0 aromatic carbocycles. The number of fused-ring (bicyclic) bond motifs is 1. The van der Waals surface area contributed by atoms with Crippen LogP contribution < -0.4 is 5.32 Å². The summed E-state index contributed by atoms with van der Waals surface area (Å²) >= 11 is 0. The summed E-state index contributed by atoms with van der Waals surface area (Å²) in [7, 11) is -1.63. The van der Waals surface area contributed by atoms with Crippen LogP contribution in [0, 0.1) is 5.92 Å². The van der Waals surface area contributed by atoms with Crippen LogP contribution in [-0.2, 0) is 10.0 Å². The van der Waals surface area contributed by atoms with E-state index in [2.05, 4.69) is 10.3 Å². The van der Waals surface area contributed by atoms with Crippen LogP contribution in [0.15, 0.2) is 23.2 Å². The molecule has 1 saturated carbocycles. The molecule has 2 unspecified atom stereocenters. The van der Waals surface area contributed by atoms with Crippen LogP contribution in [0.4, 0.5) is 5.82 Å². The van der Waals surface area contributed by atoms with E-state index < -0.39 is 10.0 Å². The average molecular weight is 295 g/mol. The van der Waals surface area contributed by atoms with Crippen molar-refractivity contribution in [3.05, 3.63) is 18.3 Å². The number of nitrogens with one attached hydrogen (secondary N) is 1. The van der Waals surface area contributed by atoms with Crippen molar-refractivity contribution in [2.24, 2.45) is 5.92 Å². The zero-order valence-corrected chi connectivity index (χ0v) is 12.6. The number of piperidine rings is 1. The largest absolute Gasteiger partial charge is 0.373 e. The van der Waals surface area contributed by atoms with Gasteiger partial charge < -0.3 is 5.32 Å². The Morgan fingerprint density at radius 3 is 2.75 bits per heavy atom. The Hall–Kier alpha value is -1.14. The molecule has 1 aliphatic heterocycles. The highest BCUT2D eigenvalue weighted by Crippen LogP contribution is 2.39. The molecular weight excluding hydrogens is 274 g/mol. The van der Waals surface area contributed by atoms with E-state index in [1.54, 1.807) is 23.5 Å². The van der Waals surface area contributed by atoms with Gasteiger partial charge in [0.2, 0.25) is 10.0 Å². The minimum absolute atomic E-state index is 0.206. The number of sulfonamides is 1. The van der Waals surface area contributed by atoms with Crippen molar-refractivity contribution >= 4 is 15.8 Å². The number of pyridine rings is 1. The van der Waals surface area contributed by atoms with E-state index in [1.807, 2.05) is 0 Å². The van der Waals surface area contributed by atoms with E-state index in [1.165, 1.54) is 19.0 Å². The lowest BCUT2D eigenvalue weighted by atomic mass is 9.94. The van der Waals surface area contributed by atoms with Crippen molar-refractivity contribution in [2.45, 2.75) is 43.0 Å². The number of anilines is 1. The van der Waals surface area contributed by atoms with Gasteiger partial charge in [-0.2, -0.15) is 4.31 Å². The Morgan fingerprint density at radius 1 is 1.25 bits per heavy atom. The fourth-order valence-electron chi connectivity index (χ4n) is 3.52. The molecule has 20 heavy (non-hydrogen) atoms. The van der Waals surface area contributed by atoms with Gasteiger partial charge in [0.15, 0.2) is 0 Å². The van der Waals surface area contributed by atoms with Crippen LogP contribution in [-0.4, -0.2) is 37.3 Å². The Morgan fingerprint density at radius 2 is 2.05 bits per heavy atom. The van der Waals surface area contributed by atoms with E-state index in [0.717, 1.165) is 19.3 Å². The molecule has 1 saturated heterocycles. The van der Waals surface area contributed by atoms with Crippen LogP contribution in [0.1, 0.15) is 32.1 Å². The topological polar surface area (TPSA) is 62.3 Å². The molecule has 1 aliphatic carbocycles. The van der Waals surface area contributed by atoms with Gasteiger partial charge in [-0.15, -0.1) is 0 Å². The maximum Gasteiger partial charge on any atom is 0.244 e. The zero-order chi connectivity index (χ0) is 14.2. The lowest BCUT2D eigenvalue weighted by Crippen LogP contribution is -2.46. The van der Waals surface area contributed by atoms with Gasteiger partial charge in [0.25, 0.3) is 0 Å². The van der Waals surface area contributed by atoms with Crippen LogP contribution in [0.5, 0.6) is 0 Å². The van der Waals surface area contributed by atoms with Crippen molar-refractivity contribution in [1.29, 1.82) is 0 Å². The van der Waals surface area contributed by atoms with Crippen LogP contribution in [0.2, 0.25) is 0 Å². The van der Waals surface area contributed by atoms with Gasteiger partial charge in [0.1, 0.15) is 10.7 Å². The second-order valence-electron chi connectivity index (χ2n) is 5.65. The minimum Gasteiger partial charge on any atom is -0.373 e. The van der Waals surface area contributed by atoms with Gasteiger partial charge in [-0.1, -0.05) is 6.42 Å². The summed E-state index contributed by atoms with van der Waals surface area (Å²) in [5, 5.41) is 2.90. The molecule has 6 heteroatoms. The number of aromatic nitrogens is 1. The molecule has 3 rings (SSSR count). The first-order chi connectivity index (χ1) is 9.63. The molecule has 1 aromatic rings. The summed E-state index contributed by atoms with van der Waals surface area (Å²) in [6.45, 7) is 0.650. The number of hydrogen-bond donors (Lipinski definition) is 1. The SMILES string of the molecule is CNc1ccc(S(=O)(=O)N2CCCC3CCCC32)cn1. The van der Waals surface area contributed by atoms with Gasteiger partial charge in [0.05, 0.1) is 0 Å². The van der Waals surface area contributed by atoms with Crippen molar-refractivity contribution in [1.82, 2.24) is 9.29 Å². The van der Waals surface area contributed by atoms with Gasteiger partial charge in [-0.25, -0.2) is 13.4 Å². The Bertz CT molecular complexity index is 571. The molecule has 0 radical (unpaired) electrons. The smallest absolute Gasteiger partial charge is 0.244 e. The lowest BCUT2D eigenvalue weighted by molar-refractivity contribution is 0.202. The molecule has 110 valence electrons. The molecule has 2 heterocycles. The van der Waals surface area contributed by atoms with Crippen LogP contribution in [0.25, 0.3) is 0 Å². The first-order valence-electron chi connectivity index (χ1n) is 7.28. The third kappa shape index (κ3) is 2.31. The van der Waals surface area contributed by atoms with E-state index in [4.69, 9.17) is 0 Å². The molecular formula is C14H21N3O2S. The normalized spacial score (nSPS) is 27.2. The van der Waals surface area contributed by atoms with Crippen LogP contribution in [0.3, 0.4) is 0 Å². The van der Waals surface area contributed by atoms with Crippen molar-refractivity contribution in [3.63, 3.8) is 0 Å². The van der Waals surface area contributed by atoms with E-state index in [0.29, 0.717) is 23.2 Å². The summed E-state index contributed by atoms with van der Waals surface area (Å²) in [6, 6.07) is 3.56. The number of hydrogen-bond acceptors (Lipinski definition) is 4. The number of nitrogens with zero attached hydrogens (tertiary/aromatic N) is 2. The zero-order valence-electron chi connectivity index (χ0n) is 11.7. The molecule has 2 fully saturated rings. The maximum atomic E-state index is 12.8. The summed E-state index contributed by atoms with van der Waals surface area (Å²) in [5.74, 6) is 1.24. The highest BCUT2D eigenvalue weighted by Gasteiger charge is 2.41. The third-order valence-corrected chi connectivity index (χ3v) is 6.45. The molecule has 2 aliphatic rings. The van der Waals surface area contributed by atoms with Gasteiger partial charge in [-0.3, -0.25) is 0 Å². The molecule has 5 nitrogen and oxygen atoms in total. The first kappa shape index (κ1) is 13.8. The predicted molar refractivity (Wildman–Crippen MR) is 78.0 cm³/mol. The molecule has 0 bridgehead atoms. The number of rotatable bonds is 3. The molecule has 0 spiro atoms. The van der Waals surface area contributed by atoms with Gasteiger partial charge in [0, 0.05) is 25.8 Å². The maximum absolute atomic E-state index is 12.8. The summed E-state index contributed by atoms with van der Waals surface area (Å²) in [5.41, 5.74) is 0. The molecule has 1 N–H and O–H groups in total. The van der Waals surface area contributed by atoms with Gasteiger partial charge in [-0.05, 0) is 43.7 Å².